The van der Waals surface area contributed by atoms with E-state index in [1.807, 2.05) is 13.8 Å². The van der Waals surface area contributed by atoms with Gasteiger partial charge in [0.2, 0.25) is 5.91 Å². The monoisotopic (exact) mass is 221 g/mol. The highest BCUT2D eigenvalue weighted by molar-refractivity contribution is 8.01. The number of nitrogens with one attached hydrogen (secondary N) is 1. The summed E-state index contributed by atoms with van der Waals surface area (Å²) in [5, 5.41) is 3.01. The van der Waals surface area contributed by atoms with Crippen molar-refractivity contribution in [1.29, 1.82) is 0 Å². The van der Waals surface area contributed by atoms with Gasteiger partial charge in [-0.3, -0.25) is 4.79 Å². The number of carbonyl (C=O) groups is 1. The van der Waals surface area contributed by atoms with Gasteiger partial charge in [0.25, 0.3) is 0 Å². The molecule has 0 spiro atoms. The molecule has 1 aromatic rings. The number of anilines is 1. The topological polar surface area (TPSA) is 29.1 Å². The second kappa shape index (κ2) is 3.56. The van der Waals surface area contributed by atoms with Gasteiger partial charge in [-0.1, -0.05) is 19.1 Å². The van der Waals surface area contributed by atoms with E-state index in [9.17, 15) is 4.79 Å². The van der Waals surface area contributed by atoms with Crippen molar-refractivity contribution >= 4 is 23.4 Å². The number of para-hydroxylation sites is 1. The fourth-order valence-electron chi connectivity index (χ4n) is 1.68. The summed E-state index contributed by atoms with van der Waals surface area (Å²) in [5.41, 5.74) is 2.22. The molecule has 0 unspecified atom stereocenters. The quantitative estimate of drug-likeness (QED) is 0.789. The molecule has 0 aromatic heterocycles. The molecule has 2 rings (SSSR count). The molecule has 0 atom stereocenters. The number of thioether (sulfide) groups is 1. The maximum atomic E-state index is 11.8. The molecule has 1 aromatic carbocycles. The molecule has 1 amide bonds. The SMILES string of the molecule is CCc1cccc2c1NC(=O)C(C)(C)S2. The molecule has 0 fully saturated rings. The summed E-state index contributed by atoms with van der Waals surface area (Å²) < 4.78 is -0.362. The Balaban J connectivity index is 2.49. The smallest absolute Gasteiger partial charge is 0.240 e. The van der Waals surface area contributed by atoms with Crippen LogP contribution in [0.4, 0.5) is 5.69 Å². The number of hydrogen-bond donors (Lipinski definition) is 1. The van der Waals surface area contributed by atoms with Crippen molar-refractivity contribution < 1.29 is 4.79 Å². The van der Waals surface area contributed by atoms with Crippen LogP contribution in [0.5, 0.6) is 0 Å². The lowest BCUT2D eigenvalue weighted by Gasteiger charge is -2.30. The standard InChI is InChI=1S/C12H15NOS/c1-4-8-6-5-7-9-10(8)13-11(14)12(2,3)15-9/h5-7H,4H2,1-3H3,(H,13,14). The lowest BCUT2D eigenvalue weighted by atomic mass is 10.1. The van der Waals surface area contributed by atoms with E-state index in [0.717, 1.165) is 12.1 Å². The van der Waals surface area contributed by atoms with Crippen molar-refractivity contribution in [1.82, 2.24) is 0 Å². The van der Waals surface area contributed by atoms with Gasteiger partial charge in [0, 0.05) is 4.90 Å². The van der Waals surface area contributed by atoms with E-state index in [0.29, 0.717) is 0 Å². The van der Waals surface area contributed by atoms with Crippen molar-refractivity contribution in [2.75, 3.05) is 5.32 Å². The molecule has 3 heteroatoms. The summed E-state index contributed by atoms with van der Waals surface area (Å²) in [6.07, 6.45) is 0.949. The summed E-state index contributed by atoms with van der Waals surface area (Å²) in [5.74, 6) is 0.0981. The second-order valence-corrected chi connectivity index (χ2v) is 5.87. The Hall–Kier alpha value is -0.960. The Bertz CT molecular complexity index is 412. The molecule has 2 nitrogen and oxygen atoms in total. The molecule has 0 radical (unpaired) electrons. The average molecular weight is 221 g/mol. The lowest BCUT2D eigenvalue weighted by Crippen LogP contribution is -2.37. The van der Waals surface area contributed by atoms with Crippen molar-refractivity contribution in [3.05, 3.63) is 23.8 Å². The first-order chi connectivity index (χ1) is 7.04. The van der Waals surface area contributed by atoms with Gasteiger partial charge in [0.1, 0.15) is 0 Å². The number of benzene rings is 1. The van der Waals surface area contributed by atoms with Gasteiger partial charge in [0.15, 0.2) is 0 Å². The summed E-state index contributed by atoms with van der Waals surface area (Å²) in [7, 11) is 0. The minimum Gasteiger partial charge on any atom is -0.324 e. The molecule has 0 saturated heterocycles. The van der Waals surface area contributed by atoms with Crippen LogP contribution >= 0.6 is 11.8 Å². The fraction of sp³-hybridized carbons (Fsp3) is 0.417. The van der Waals surface area contributed by atoms with Crippen LogP contribution in [0.25, 0.3) is 0 Å². The third-order valence-corrected chi connectivity index (χ3v) is 3.90. The molecule has 1 heterocycles. The summed E-state index contributed by atoms with van der Waals surface area (Å²) in [6, 6.07) is 6.19. The molecule has 0 bridgehead atoms. The second-order valence-electron chi connectivity index (χ2n) is 4.21. The average Bonchev–Trinajstić information content (AvgIpc) is 2.18. The first-order valence-corrected chi connectivity index (χ1v) is 5.98. The van der Waals surface area contributed by atoms with E-state index in [1.165, 1.54) is 10.5 Å². The Labute approximate surface area is 94.4 Å². The van der Waals surface area contributed by atoms with Crippen LogP contribution in [0.15, 0.2) is 23.1 Å². The molecule has 80 valence electrons. The predicted octanol–water partition coefficient (Wildman–Crippen LogP) is 3.07. The van der Waals surface area contributed by atoms with Crippen molar-refractivity contribution in [2.45, 2.75) is 36.8 Å². The lowest BCUT2D eigenvalue weighted by molar-refractivity contribution is -0.117. The van der Waals surface area contributed by atoms with E-state index < -0.39 is 0 Å². The van der Waals surface area contributed by atoms with Gasteiger partial charge in [-0.2, -0.15) is 0 Å². The van der Waals surface area contributed by atoms with Gasteiger partial charge in [-0.25, -0.2) is 0 Å². The Morgan fingerprint density at radius 1 is 1.40 bits per heavy atom. The zero-order chi connectivity index (χ0) is 11.1. The molecule has 1 N–H and O–H groups in total. The number of amides is 1. The summed E-state index contributed by atoms with van der Waals surface area (Å²) >= 11 is 1.64. The maximum absolute atomic E-state index is 11.8. The molecule has 15 heavy (non-hydrogen) atoms. The van der Waals surface area contributed by atoms with E-state index in [-0.39, 0.29) is 10.7 Å². The van der Waals surface area contributed by atoms with Crippen molar-refractivity contribution in [2.24, 2.45) is 0 Å². The van der Waals surface area contributed by atoms with Crippen LogP contribution in [-0.4, -0.2) is 10.7 Å². The number of carbonyl (C=O) groups excluding carboxylic acids is 1. The van der Waals surface area contributed by atoms with Crippen molar-refractivity contribution in [3.63, 3.8) is 0 Å². The normalized spacial score (nSPS) is 18.2. The van der Waals surface area contributed by atoms with E-state index >= 15 is 0 Å². The first-order valence-electron chi connectivity index (χ1n) is 5.17. The minimum absolute atomic E-state index is 0.0981. The molecule has 0 saturated carbocycles. The van der Waals surface area contributed by atoms with Crippen LogP contribution < -0.4 is 5.32 Å². The summed E-state index contributed by atoms with van der Waals surface area (Å²) in [4.78, 5) is 13.0. The first kappa shape index (κ1) is 10.6. The van der Waals surface area contributed by atoms with E-state index in [4.69, 9.17) is 0 Å². The van der Waals surface area contributed by atoms with E-state index in [2.05, 4.69) is 30.4 Å². The molecular formula is C12H15NOS. The van der Waals surface area contributed by atoms with Gasteiger partial charge in [0.05, 0.1) is 10.4 Å². The van der Waals surface area contributed by atoms with E-state index in [1.54, 1.807) is 11.8 Å². The molecule has 1 aliphatic heterocycles. The Kier molecular flexibility index (Phi) is 2.51. The molecule has 1 aliphatic rings. The van der Waals surface area contributed by atoms with Gasteiger partial charge in [-0.15, -0.1) is 11.8 Å². The van der Waals surface area contributed by atoms with Crippen LogP contribution in [0.3, 0.4) is 0 Å². The number of fused-ring (bicyclic) bond motifs is 1. The van der Waals surface area contributed by atoms with Crippen LogP contribution in [0.1, 0.15) is 26.3 Å². The van der Waals surface area contributed by atoms with Crippen molar-refractivity contribution in [3.8, 4) is 0 Å². The highest BCUT2D eigenvalue weighted by Crippen LogP contribution is 2.43. The largest absolute Gasteiger partial charge is 0.324 e. The van der Waals surface area contributed by atoms with Gasteiger partial charge < -0.3 is 5.32 Å². The van der Waals surface area contributed by atoms with Gasteiger partial charge >= 0.3 is 0 Å². The highest BCUT2D eigenvalue weighted by Gasteiger charge is 2.34. The number of hydrogen-bond acceptors (Lipinski definition) is 2. The van der Waals surface area contributed by atoms with Crippen LogP contribution in [-0.2, 0) is 11.2 Å². The minimum atomic E-state index is -0.362. The molecule has 0 aliphatic carbocycles. The van der Waals surface area contributed by atoms with Crippen LogP contribution in [0.2, 0.25) is 0 Å². The predicted molar refractivity (Wildman–Crippen MR) is 64.4 cm³/mol. The Morgan fingerprint density at radius 3 is 2.80 bits per heavy atom. The Morgan fingerprint density at radius 2 is 2.13 bits per heavy atom. The fourth-order valence-corrected chi connectivity index (χ4v) is 2.81. The number of aryl methyl sites for hydroxylation is 1. The molecular weight excluding hydrogens is 206 g/mol. The van der Waals surface area contributed by atoms with Gasteiger partial charge in [-0.05, 0) is 31.9 Å². The third kappa shape index (κ3) is 1.76. The highest BCUT2D eigenvalue weighted by atomic mass is 32.2. The summed E-state index contributed by atoms with van der Waals surface area (Å²) in [6.45, 7) is 6.01. The zero-order valence-corrected chi connectivity index (χ0v) is 10.1. The maximum Gasteiger partial charge on any atom is 0.240 e. The third-order valence-electron chi connectivity index (χ3n) is 2.64. The zero-order valence-electron chi connectivity index (χ0n) is 9.26. The number of rotatable bonds is 1. The van der Waals surface area contributed by atoms with Crippen LogP contribution in [0, 0.1) is 0 Å².